The number of hydrogen-bond acceptors (Lipinski definition) is 11. The molecule has 2 heterocycles. The summed E-state index contributed by atoms with van der Waals surface area (Å²) in [5.41, 5.74) is 4.62. The number of rotatable bonds is 14. The van der Waals surface area contributed by atoms with Gasteiger partial charge in [-0.25, -0.2) is 19.5 Å². The lowest BCUT2D eigenvalue weighted by atomic mass is 9.98. The van der Waals surface area contributed by atoms with Gasteiger partial charge in [-0.2, -0.15) is 9.97 Å². The molecule has 6 aromatic rings. The third kappa shape index (κ3) is 10.5. The van der Waals surface area contributed by atoms with Crippen LogP contribution < -0.4 is 20.3 Å². The topological polar surface area (TPSA) is 187 Å². The number of amides is 4. The predicted octanol–water partition coefficient (Wildman–Crippen LogP) is 7.47. The monoisotopic (exact) mass is 852 g/mol. The predicted molar refractivity (Wildman–Crippen MR) is 235 cm³/mol. The largest absolute Gasteiger partial charge is 0.459 e. The average Bonchev–Trinajstić information content (AvgIpc) is 3.81. The van der Waals surface area contributed by atoms with E-state index in [0.717, 1.165) is 22.3 Å². The van der Waals surface area contributed by atoms with E-state index in [9.17, 15) is 24.0 Å². The molecule has 2 N–H and O–H groups in total. The molecule has 2 aromatic heterocycles. The zero-order valence-corrected chi connectivity index (χ0v) is 35.6. The Morgan fingerprint density at radius 1 is 0.794 bits per heavy atom. The number of alkyl carbamates (subject to hydrolysis) is 1. The van der Waals surface area contributed by atoms with E-state index >= 15 is 0 Å². The van der Waals surface area contributed by atoms with Gasteiger partial charge in [0.25, 0.3) is 5.88 Å². The molecule has 0 saturated carbocycles. The fraction of sp³-hybridized carbons (Fsp3) is 0.277. The first-order chi connectivity index (χ1) is 30.3. The maximum absolute atomic E-state index is 14.1. The van der Waals surface area contributed by atoms with E-state index in [-0.39, 0.29) is 48.6 Å². The van der Waals surface area contributed by atoms with Crippen LogP contribution >= 0.6 is 0 Å². The zero-order valence-electron chi connectivity index (χ0n) is 35.6. The van der Waals surface area contributed by atoms with Crippen LogP contribution in [0.25, 0.3) is 22.3 Å². The summed E-state index contributed by atoms with van der Waals surface area (Å²) in [6.45, 7) is 7.66. The summed E-state index contributed by atoms with van der Waals surface area (Å²) in [4.78, 5) is 82.9. The van der Waals surface area contributed by atoms with Crippen LogP contribution in [-0.4, -0.2) is 86.2 Å². The summed E-state index contributed by atoms with van der Waals surface area (Å²) >= 11 is 0. The number of fused-ring (bicyclic) bond motifs is 4. The number of benzene rings is 4. The first-order valence-corrected chi connectivity index (χ1v) is 20.5. The van der Waals surface area contributed by atoms with Crippen molar-refractivity contribution in [2.75, 3.05) is 36.5 Å². The summed E-state index contributed by atoms with van der Waals surface area (Å²) in [6, 6.07) is 33.8. The lowest BCUT2D eigenvalue weighted by Crippen LogP contribution is -2.44. The highest BCUT2D eigenvalue weighted by Crippen LogP contribution is 2.44. The third-order valence-corrected chi connectivity index (χ3v) is 9.98. The van der Waals surface area contributed by atoms with Crippen LogP contribution in [-0.2, 0) is 30.4 Å². The van der Waals surface area contributed by atoms with Gasteiger partial charge in [0.2, 0.25) is 17.8 Å². The summed E-state index contributed by atoms with van der Waals surface area (Å²) in [5, 5.41) is 5.34. The van der Waals surface area contributed by atoms with E-state index in [1.165, 1.54) is 20.7 Å². The van der Waals surface area contributed by atoms with Gasteiger partial charge >= 0.3 is 18.2 Å². The van der Waals surface area contributed by atoms with Gasteiger partial charge in [0, 0.05) is 24.9 Å². The second-order valence-electron chi connectivity index (χ2n) is 16.1. The van der Waals surface area contributed by atoms with Gasteiger partial charge in [0.15, 0.2) is 11.2 Å². The number of carbonyl (C=O) groups is 5. The third-order valence-electron chi connectivity index (χ3n) is 9.98. The van der Waals surface area contributed by atoms with Crippen molar-refractivity contribution in [2.24, 2.45) is 5.92 Å². The molecule has 1 aliphatic carbocycles. The molecule has 7 rings (SSSR count). The summed E-state index contributed by atoms with van der Waals surface area (Å²) in [6.07, 6.45) is -0.198. The van der Waals surface area contributed by atoms with Crippen molar-refractivity contribution in [3.05, 3.63) is 127 Å². The van der Waals surface area contributed by atoms with Gasteiger partial charge in [-0.1, -0.05) is 98.8 Å². The minimum Gasteiger partial charge on any atom is -0.459 e. The van der Waals surface area contributed by atoms with E-state index in [1.807, 2.05) is 60.7 Å². The second kappa shape index (κ2) is 19.0. The second-order valence-corrected chi connectivity index (χ2v) is 16.1. The van der Waals surface area contributed by atoms with Crippen molar-refractivity contribution in [3.8, 4) is 17.0 Å². The minimum atomic E-state index is -0.829. The Hall–Kier alpha value is -7.62. The molecule has 0 aliphatic heterocycles. The van der Waals surface area contributed by atoms with Gasteiger partial charge < -0.3 is 29.0 Å². The van der Waals surface area contributed by atoms with Crippen LogP contribution in [0, 0.1) is 5.92 Å². The Labute approximate surface area is 364 Å². The Balaban J connectivity index is 1.09. The van der Waals surface area contributed by atoms with Crippen LogP contribution in [0.1, 0.15) is 51.7 Å². The molecule has 324 valence electrons. The van der Waals surface area contributed by atoms with Crippen molar-refractivity contribution >= 4 is 58.5 Å². The molecule has 4 amide bonds. The number of ether oxygens (including phenoxy) is 3. The number of nitrogens with zero attached hydrogens (tertiary/aromatic N) is 6. The molecular formula is C47H48N8O8. The fourth-order valence-electron chi connectivity index (χ4n) is 7.07. The molecule has 0 spiro atoms. The smallest absolute Gasteiger partial charge is 0.425 e. The average molecular weight is 853 g/mol. The number of hydrogen-bond donors (Lipinski definition) is 2. The molecule has 0 saturated heterocycles. The van der Waals surface area contributed by atoms with Crippen molar-refractivity contribution in [2.45, 2.75) is 52.7 Å². The number of carbonyl (C=O) groups excluding carboxylic acids is 5. The lowest BCUT2D eigenvalue weighted by molar-refractivity contribution is -0.159. The molecule has 1 aliphatic rings. The van der Waals surface area contributed by atoms with Crippen LogP contribution in [0.5, 0.6) is 5.88 Å². The van der Waals surface area contributed by atoms with Crippen LogP contribution in [0.3, 0.4) is 0 Å². The van der Waals surface area contributed by atoms with E-state index in [4.69, 9.17) is 14.2 Å². The fourth-order valence-corrected chi connectivity index (χ4v) is 7.07. The van der Waals surface area contributed by atoms with Crippen molar-refractivity contribution in [3.63, 3.8) is 0 Å². The molecule has 16 nitrogen and oxygen atoms in total. The van der Waals surface area contributed by atoms with Crippen LogP contribution in [0.15, 0.2) is 116 Å². The first-order valence-electron chi connectivity index (χ1n) is 20.5. The van der Waals surface area contributed by atoms with Crippen LogP contribution in [0.4, 0.5) is 26.9 Å². The van der Waals surface area contributed by atoms with E-state index in [0.29, 0.717) is 11.4 Å². The quantitative estimate of drug-likeness (QED) is 0.104. The van der Waals surface area contributed by atoms with E-state index in [1.54, 1.807) is 83.1 Å². The first kappa shape index (κ1) is 43.5. The Morgan fingerprint density at radius 3 is 1.97 bits per heavy atom. The molecule has 0 fully saturated rings. The molecule has 4 aromatic carbocycles. The molecule has 0 bridgehead atoms. The van der Waals surface area contributed by atoms with E-state index in [2.05, 4.69) is 25.6 Å². The van der Waals surface area contributed by atoms with Crippen molar-refractivity contribution in [1.82, 2.24) is 29.7 Å². The van der Waals surface area contributed by atoms with Gasteiger partial charge in [-0.15, -0.1) is 0 Å². The molecule has 0 atom stereocenters. The molecule has 0 radical (unpaired) electrons. The molecule has 63 heavy (non-hydrogen) atoms. The Kier molecular flexibility index (Phi) is 13.1. The molecule has 16 heteroatoms. The molecular weight excluding hydrogens is 805 g/mol. The maximum Gasteiger partial charge on any atom is 0.425 e. The summed E-state index contributed by atoms with van der Waals surface area (Å²) in [5.74, 6) is -2.68. The number of anilines is 3. The Bertz CT molecular complexity index is 2540. The van der Waals surface area contributed by atoms with Crippen LogP contribution in [0.2, 0.25) is 0 Å². The lowest BCUT2D eigenvalue weighted by Gasteiger charge is -2.25. The van der Waals surface area contributed by atoms with E-state index < -0.39 is 54.6 Å². The van der Waals surface area contributed by atoms with Gasteiger partial charge in [-0.3, -0.25) is 19.7 Å². The SMILES string of the molecule is CC(C)C(=O)Nc1nc(OC(=O)N(c2ccccc2)c2ccccc2)c2ncn(CC(=O)N(CCNC(=O)OCC3c4ccccc4-c4ccccc43)CC(=O)OC(C)(C)C)c2n1. The van der Waals surface area contributed by atoms with Crippen molar-refractivity contribution < 1.29 is 38.2 Å². The highest BCUT2D eigenvalue weighted by atomic mass is 16.6. The van der Waals surface area contributed by atoms with Gasteiger partial charge in [0.1, 0.15) is 25.3 Å². The number of nitrogens with one attached hydrogen (secondary N) is 2. The number of imidazole rings is 1. The highest BCUT2D eigenvalue weighted by molar-refractivity contribution is 5.98. The Morgan fingerprint density at radius 2 is 1.38 bits per heavy atom. The number of esters is 1. The minimum absolute atomic E-state index is 0.0235. The summed E-state index contributed by atoms with van der Waals surface area (Å²) < 4.78 is 18.5. The number of aromatic nitrogens is 4. The molecule has 0 unspecified atom stereocenters. The standard InChI is InChI=1S/C47H48N8O8/c1-30(2)42(58)51-44-50-41-40(43(52-44)62-46(60)55(31-16-8-6-9-17-31)32-18-10-7-11-19-32)49-29-54(41)26-38(56)53(27-39(57)63-47(3,4)5)25-24-48-45(59)61-28-37-35-22-14-12-20-33(35)34-21-13-15-23-36(34)37/h6-23,29-30,37H,24-28H2,1-5H3,(H,48,59)(H,50,51,52,58). The normalized spacial score (nSPS) is 12.0. The summed E-state index contributed by atoms with van der Waals surface area (Å²) in [7, 11) is 0. The number of para-hydroxylation sites is 2. The van der Waals surface area contributed by atoms with Gasteiger partial charge in [-0.05, 0) is 67.3 Å². The van der Waals surface area contributed by atoms with Crippen molar-refractivity contribution in [1.29, 1.82) is 0 Å². The maximum atomic E-state index is 14.1. The zero-order chi connectivity index (χ0) is 44.7. The van der Waals surface area contributed by atoms with Gasteiger partial charge in [0.05, 0.1) is 17.7 Å². The highest BCUT2D eigenvalue weighted by Gasteiger charge is 2.30.